The molecule has 98 valence electrons. The van der Waals surface area contributed by atoms with E-state index in [1.165, 1.54) is 4.90 Å². The Morgan fingerprint density at radius 1 is 1.44 bits per heavy atom. The number of furan rings is 1. The highest BCUT2D eigenvalue weighted by Crippen LogP contribution is 2.15. The van der Waals surface area contributed by atoms with Crippen molar-refractivity contribution in [3.05, 3.63) is 24.2 Å². The summed E-state index contributed by atoms with van der Waals surface area (Å²) in [4.78, 5) is 26.7. The maximum Gasteiger partial charge on any atom is 0.327 e. The molecule has 2 rings (SSSR count). The van der Waals surface area contributed by atoms with Crippen molar-refractivity contribution in [1.29, 1.82) is 0 Å². The van der Waals surface area contributed by atoms with Crippen molar-refractivity contribution in [3.8, 4) is 0 Å². The summed E-state index contributed by atoms with van der Waals surface area (Å²) < 4.78 is 4.95. The van der Waals surface area contributed by atoms with Crippen molar-refractivity contribution in [2.24, 2.45) is 0 Å². The van der Waals surface area contributed by atoms with Gasteiger partial charge in [-0.25, -0.2) is 4.79 Å². The van der Waals surface area contributed by atoms with Gasteiger partial charge < -0.3 is 9.32 Å². The summed E-state index contributed by atoms with van der Waals surface area (Å²) in [6.45, 7) is 3.15. The molecule has 0 aromatic carbocycles. The first-order valence-electron chi connectivity index (χ1n) is 5.90. The molecule has 0 spiro atoms. The molecule has 0 bridgehead atoms. The Labute approximate surface area is 110 Å². The summed E-state index contributed by atoms with van der Waals surface area (Å²) in [6, 6.07) is 1.60. The molecule has 1 aliphatic rings. The lowest BCUT2D eigenvalue weighted by atomic mass is 10.3. The molecule has 3 amide bonds. The number of nitrogens with zero attached hydrogens (tertiary/aromatic N) is 2. The maximum absolute atomic E-state index is 12.0. The Hall–Kier alpha value is -1.43. The Morgan fingerprint density at radius 2 is 2.28 bits per heavy atom. The first-order valence-corrected chi connectivity index (χ1v) is 7.06. The van der Waals surface area contributed by atoms with Crippen LogP contribution in [-0.2, 0) is 11.3 Å². The number of imide groups is 1. The molecular weight excluding hydrogens is 252 g/mol. The fourth-order valence-corrected chi connectivity index (χ4v) is 2.44. The lowest BCUT2D eigenvalue weighted by Crippen LogP contribution is -2.34. The molecule has 2 heterocycles. The largest absolute Gasteiger partial charge is 0.472 e. The highest BCUT2D eigenvalue weighted by Gasteiger charge is 2.35. The minimum absolute atomic E-state index is 0.111. The number of urea groups is 1. The Bertz CT molecular complexity index is 419. The second-order valence-electron chi connectivity index (χ2n) is 4.01. The molecule has 0 aliphatic carbocycles. The molecule has 1 saturated heterocycles. The van der Waals surface area contributed by atoms with Gasteiger partial charge >= 0.3 is 6.03 Å². The van der Waals surface area contributed by atoms with Crippen LogP contribution in [-0.4, -0.2) is 46.3 Å². The minimum Gasteiger partial charge on any atom is -0.472 e. The van der Waals surface area contributed by atoms with E-state index in [0.717, 1.165) is 17.1 Å². The van der Waals surface area contributed by atoms with Gasteiger partial charge in [-0.05, 0) is 11.8 Å². The summed E-state index contributed by atoms with van der Waals surface area (Å²) in [5.41, 5.74) is 0.904. The molecule has 0 unspecified atom stereocenters. The van der Waals surface area contributed by atoms with Gasteiger partial charge in [0.15, 0.2) is 0 Å². The first-order chi connectivity index (χ1) is 8.72. The monoisotopic (exact) mass is 268 g/mol. The number of hydrogen-bond donors (Lipinski definition) is 0. The van der Waals surface area contributed by atoms with Crippen LogP contribution < -0.4 is 0 Å². The molecular formula is C12H16N2O3S. The van der Waals surface area contributed by atoms with Gasteiger partial charge in [0, 0.05) is 17.9 Å². The van der Waals surface area contributed by atoms with Gasteiger partial charge in [0.1, 0.15) is 6.54 Å². The predicted molar refractivity (Wildman–Crippen MR) is 69.2 cm³/mol. The van der Waals surface area contributed by atoms with Crippen LogP contribution in [0, 0.1) is 0 Å². The number of thioether (sulfide) groups is 1. The molecule has 1 aromatic rings. The zero-order valence-corrected chi connectivity index (χ0v) is 11.1. The van der Waals surface area contributed by atoms with Crippen molar-refractivity contribution < 1.29 is 14.0 Å². The minimum atomic E-state index is -0.196. The van der Waals surface area contributed by atoms with Gasteiger partial charge in [0.05, 0.1) is 19.1 Å². The molecule has 0 radical (unpaired) electrons. The van der Waals surface area contributed by atoms with Crippen LogP contribution in [0.5, 0.6) is 0 Å². The van der Waals surface area contributed by atoms with E-state index in [4.69, 9.17) is 4.42 Å². The number of carbonyl (C=O) groups excluding carboxylic acids is 2. The topological polar surface area (TPSA) is 53.8 Å². The molecule has 0 saturated carbocycles. The van der Waals surface area contributed by atoms with Crippen LogP contribution in [0.2, 0.25) is 0 Å². The van der Waals surface area contributed by atoms with Crippen LogP contribution >= 0.6 is 11.8 Å². The fourth-order valence-electron chi connectivity index (χ4n) is 1.84. The van der Waals surface area contributed by atoms with Gasteiger partial charge in [-0.3, -0.25) is 9.69 Å². The van der Waals surface area contributed by atoms with Gasteiger partial charge in [-0.15, -0.1) is 0 Å². The number of hydrogen-bond acceptors (Lipinski definition) is 4. The molecule has 1 aromatic heterocycles. The summed E-state index contributed by atoms with van der Waals surface area (Å²) in [6.07, 6.45) is 3.15. The van der Waals surface area contributed by atoms with E-state index < -0.39 is 0 Å². The molecule has 1 fully saturated rings. The molecule has 18 heavy (non-hydrogen) atoms. The van der Waals surface area contributed by atoms with Crippen molar-refractivity contribution in [2.45, 2.75) is 13.5 Å². The van der Waals surface area contributed by atoms with E-state index in [9.17, 15) is 9.59 Å². The lowest BCUT2D eigenvalue weighted by molar-refractivity contribution is -0.125. The zero-order valence-electron chi connectivity index (χ0n) is 10.3. The lowest BCUT2D eigenvalue weighted by Gasteiger charge is -2.16. The highest BCUT2D eigenvalue weighted by molar-refractivity contribution is 7.99. The van der Waals surface area contributed by atoms with Crippen LogP contribution in [0.15, 0.2) is 23.0 Å². The van der Waals surface area contributed by atoms with Crippen LogP contribution in [0.3, 0.4) is 0 Å². The fraction of sp³-hybridized carbons (Fsp3) is 0.500. The van der Waals surface area contributed by atoms with E-state index in [0.29, 0.717) is 13.1 Å². The third-order valence-electron chi connectivity index (χ3n) is 2.75. The quantitative estimate of drug-likeness (QED) is 0.583. The van der Waals surface area contributed by atoms with E-state index >= 15 is 0 Å². The summed E-state index contributed by atoms with van der Waals surface area (Å²) in [5.74, 6) is 1.68. The number of amides is 3. The van der Waals surface area contributed by atoms with Crippen LogP contribution in [0.25, 0.3) is 0 Å². The average molecular weight is 268 g/mol. The normalized spacial score (nSPS) is 15.8. The second kappa shape index (κ2) is 5.95. The standard InChI is InChI=1S/C12H16N2O3S/c1-2-18-6-4-14-11(15)8-13(12(14)16)7-10-3-5-17-9-10/h3,5,9H,2,4,6-8H2,1H3. The summed E-state index contributed by atoms with van der Waals surface area (Å²) in [5, 5.41) is 0. The first kappa shape index (κ1) is 13.0. The summed E-state index contributed by atoms with van der Waals surface area (Å²) in [7, 11) is 0. The second-order valence-corrected chi connectivity index (χ2v) is 5.41. The maximum atomic E-state index is 12.0. The molecule has 6 heteroatoms. The van der Waals surface area contributed by atoms with Gasteiger partial charge in [-0.2, -0.15) is 11.8 Å². The average Bonchev–Trinajstić information content (AvgIpc) is 2.93. The van der Waals surface area contributed by atoms with Crippen molar-refractivity contribution in [2.75, 3.05) is 24.6 Å². The van der Waals surface area contributed by atoms with E-state index in [1.807, 2.05) is 0 Å². The van der Waals surface area contributed by atoms with Gasteiger partial charge in [0.2, 0.25) is 5.91 Å². The van der Waals surface area contributed by atoms with E-state index in [-0.39, 0.29) is 18.5 Å². The van der Waals surface area contributed by atoms with E-state index in [2.05, 4.69) is 6.92 Å². The van der Waals surface area contributed by atoms with Gasteiger partial charge in [-0.1, -0.05) is 6.92 Å². The smallest absolute Gasteiger partial charge is 0.327 e. The third kappa shape index (κ3) is 2.87. The van der Waals surface area contributed by atoms with E-state index in [1.54, 1.807) is 35.3 Å². The van der Waals surface area contributed by atoms with Gasteiger partial charge in [0.25, 0.3) is 0 Å². The molecule has 1 aliphatic heterocycles. The third-order valence-corrected chi connectivity index (χ3v) is 3.62. The van der Waals surface area contributed by atoms with Crippen LogP contribution in [0.1, 0.15) is 12.5 Å². The van der Waals surface area contributed by atoms with Crippen molar-refractivity contribution in [1.82, 2.24) is 9.80 Å². The summed E-state index contributed by atoms with van der Waals surface area (Å²) >= 11 is 1.73. The van der Waals surface area contributed by atoms with Crippen LogP contribution in [0.4, 0.5) is 4.79 Å². The predicted octanol–water partition coefficient (Wildman–Crippen LogP) is 1.80. The van der Waals surface area contributed by atoms with Crippen molar-refractivity contribution in [3.63, 3.8) is 0 Å². The number of rotatable bonds is 6. The Balaban J connectivity index is 1.91. The zero-order chi connectivity index (χ0) is 13.0. The Morgan fingerprint density at radius 3 is 2.94 bits per heavy atom. The SMILES string of the molecule is CCSCCN1C(=O)CN(Cc2ccoc2)C1=O. The Kier molecular flexibility index (Phi) is 4.30. The van der Waals surface area contributed by atoms with Crippen molar-refractivity contribution >= 4 is 23.7 Å². The molecule has 5 nitrogen and oxygen atoms in total. The molecule has 0 N–H and O–H groups in total. The highest BCUT2D eigenvalue weighted by atomic mass is 32.2. The number of carbonyl (C=O) groups is 2. The molecule has 0 atom stereocenters.